The van der Waals surface area contributed by atoms with Gasteiger partial charge in [0.2, 0.25) is 0 Å². The Kier molecular flexibility index (Phi) is 3.01. The normalized spacial score (nSPS) is 10.7. The molecule has 0 radical (unpaired) electrons. The molecule has 0 atom stereocenters. The van der Waals surface area contributed by atoms with E-state index in [1.54, 1.807) is 0 Å². The Labute approximate surface area is 95.1 Å². The molecule has 4 nitrogen and oxygen atoms in total. The third-order valence-electron chi connectivity index (χ3n) is 2.58. The SMILES string of the molecule is CCn1cc(-c2ccc(C)nc2CN)cn1. The van der Waals surface area contributed by atoms with Crippen molar-refractivity contribution in [1.82, 2.24) is 14.8 Å². The van der Waals surface area contributed by atoms with Gasteiger partial charge in [0.1, 0.15) is 0 Å². The van der Waals surface area contributed by atoms with E-state index >= 15 is 0 Å². The Hall–Kier alpha value is -1.68. The van der Waals surface area contributed by atoms with Gasteiger partial charge in [0.15, 0.2) is 0 Å². The minimum absolute atomic E-state index is 0.453. The van der Waals surface area contributed by atoms with Crippen LogP contribution >= 0.6 is 0 Å². The number of rotatable bonds is 3. The zero-order valence-electron chi connectivity index (χ0n) is 9.64. The fraction of sp³-hybridized carbons (Fsp3) is 0.333. The molecule has 0 amide bonds. The lowest BCUT2D eigenvalue weighted by atomic mass is 10.1. The summed E-state index contributed by atoms with van der Waals surface area (Å²) in [5.41, 5.74) is 9.78. The van der Waals surface area contributed by atoms with Crippen molar-refractivity contribution >= 4 is 0 Å². The van der Waals surface area contributed by atoms with E-state index < -0.39 is 0 Å². The maximum Gasteiger partial charge on any atom is 0.0621 e. The number of nitrogens with zero attached hydrogens (tertiary/aromatic N) is 3. The van der Waals surface area contributed by atoms with Crippen molar-refractivity contribution < 1.29 is 0 Å². The Morgan fingerprint density at radius 1 is 1.38 bits per heavy atom. The molecule has 2 heterocycles. The lowest BCUT2D eigenvalue weighted by Crippen LogP contribution is -2.03. The molecule has 0 saturated heterocycles. The molecule has 84 valence electrons. The molecule has 0 aliphatic heterocycles. The maximum atomic E-state index is 5.71. The first-order chi connectivity index (χ1) is 7.74. The molecule has 0 unspecified atom stereocenters. The van der Waals surface area contributed by atoms with Gasteiger partial charge >= 0.3 is 0 Å². The molecule has 4 heteroatoms. The van der Waals surface area contributed by atoms with Crippen LogP contribution in [0.1, 0.15) is 18.3 Å². The first-order valence-corrected chi connectivity index (χ1v) is 5.44. The maximum absolute atomic E-state index is 5.71. The highest BCUT2D eigenvalue weighted by molar-refractivity contribution is 5.64. The Morgan fingerprint density at radius 3 is 2.81 bits per heavy atom. The van der Waals surface area contributed by atoms with E-state index in [0.717, 1.165) is 29.1 Å². The fourth-order valence-electron chi connectivity index (χ4n) is 1.70. The highest BCUT2D eigenvalue weighted by atomic mass is 15.3. The summed E-state index contributed by atoms with van der Waals surface area (Å²) in [6.07, 6.45) is 3.88. The summed E-state index contributed by atoms with van der Waals surface area (Å²) < 4.78 is 1.90. The number of pyridine rings is 1. The summed E-state index contributed by atoms with van der Waals surface area (Å²) in [6.45, 7) is 5.36. The summed E-state index contributed by atoms with van der Waals surface area (Å²) in [5, 5.41) is 4.26. The largest absolute Gasteiger partial charge is 0.325 e. The smallest absolute Gasteiger partial charge is 0.0621 e. The van der Waals surface area contributed by atoms with Gasteiger partial charge in [-0.15, -0.1) is 0 Å². The Balaban J connectivity index is 2.46. The minimum Gasteiger partial charge on any atom is -0.325 e. The number of nitrogens with two attached hydrogens (primary N) is 1. The molecule has 0 fully saturated rings. The van der Waals surface area contributed by atoms with Crippen LogP contribution in [-0.4, -0.2) is 14.8 Å². The van der Waals surface area contributed by atoms with Crippen LogP contribution in [0.25, 0.3) is 11.1 Å². The second-order valence-corrected chi connectivity index (χ2v) is 3.74. The minimum atomic E-state index is 0.453. The van der Waals surface area contributed by atoms with Crippen LogP contribution in [0.15, 0.2) is 24.5 Å². The van der Waals surface area contributed by atoms with E-state index in [2.05, 4.69) is 23.1 Å². The van der Waals surface area contributed by atoms with Crippen LogP contribution in [0.5, 0.6) is 0 Å². The summed E-state index contributed by atoms with van der Waals surface area (Å²) in [4.78, 5) is 4.44. The van der Waals surface area contributed by atoms with Crippen molar-refractivity contribution in [1.29, 1.82) is 0 Å². The average Bonchev–Trinajstić information content (AvgIpc) is 2.77. The first-order valence-electron chi connectivity index (χ1n) is 5.44. The number of aryl methyl sites for hydroxylation is 2. The van der Waals surface area contributed by atoms with Gasteiger partial charge in [-0.05, 0) is 19.9 Å². The molecule has 0 aliphatic rings. The van der Waals surface area contributed by atoms with Crippen molar-refractivity contribution in [2.75, 3.05) is 0 Å². The first kappa shape index (κ1) is 10.8. The van der Waals surface area contributed by atoms with Crippen molar-refractivity contribution in [3.63, 3.8) is 0 Å². The second kappa shape index (κ2) is 4.45. The Bertz CT molecular complexity index is 488. The lowest BCUT2D eigenvalue weighted by molar-refractivity contribution is 0.660. The van der Waals surface area contributed by atoms with Gasteiger partial charge in [0.25, 0.3) is 0 Å². The van der Waals surface area contributed by atoms with Gasteiger partial charge in [-0.2, -0.15) is 5.10 Å². The number of aromatic nitrogens is 3. The van der Waals surface area contributed by atoms with E-state index in [4.69, 9.17) is 5.73 Å². The van der Waals surface area contributed by atoms with Crippen LogP contribution in [0, 0.1) is 6.92 Å². The summed E-state index contributed by atoms with van der Waals surface area (Å²) >= 11 is 0. The number of hydrogen-bond donors (Lipinski definition) is 1. The van der Waals surface area contributed by atoms with Gasteiger partial charge in [-0.25, -0.2) is 0 Å². The van der Waals surface area contributed by atoms with Crippen molar-refractivity contribution in [3.05, 3.63) is 35.9 Å². The van der Waals surface area contributed by atoms with Gasteiger partial charge in [0, 0.05) is 36.1 Å². The lowest BCUT2D eigenvalue weighted by Gasteiger charge is -2.05. The monoisotopic (exact) mass is 216 g/mol. The molecule has 2 rings (SSSR count). The van der Waals surface area contributed by atoms with Crippen LogP contribution in [0.2, 0.25) is 0 Å². The van der Waals surface area contributed by atoms with E-state index in [1.807, 2.05) is 30.1 Å². The molecule has 0 aliphatic carbocycles. The molecule has 2 aromatic rings. The van der Waals surface area contributed by atoms with Crippen molar-refractivity contribution in [3.8, 4) is 11.1 Å². The van der Waals surface area contributed by atoms with E-state index in [-0.39, 0.29) is 0 Å². The molecule has 16 heavy (non-hydrogen) atoms. The van der Waals surface area contributed by atoms with Crippen LogP contribution in [0.3, 0.4) is 0 Å². The molecular formula is C12H16N4. The van der Waals surface area contributed by atoms with E-state index in [0.29, 0.717) is 6.54 Å². The zero-order valence-corrected chi connectivity index (χ0v) is 9.64. The van der Waals surface area contributed by atoms with Crippen LogP contribution < -0.4 is 5.73 Å². The zero-order chi connectivity index (χ0) is 11.5. The summed E-state index contributed by atoms with van der Waals surface area (Å²) in [7, 11) is 0. The summed E-state index contributed by atoms with van der Waals surface area (Å²) in [5.74, 6) is 0. The van der Waals surface area contributed by atoms with Crippen LogP contribution in [0.4, 0.5) is 0 Å². The van der Waals surface area contributed by atoms with Gasteiger partial charge in [0.05, 0.1) is 11.9 Å². The van der Waals surface area contributed by atoms with E-state index in [9.17, 15) is 0 Å². The highest BCUT2D eigenvalue weighted by Crippen LogP contribution is 2.22. The standard InChI is InChI=1S/C12H16N4/c1-3-16-8-10(7-14-16)11-5-4-9(2)15-12(11)6-13/h4-5,7-8H,3,6,13H2,1-2H3. The molecule has 2 aromatic heterocycles. The van der Waals surface area contributed by atoms with Crippen molar-refractivity contribution in [2.24, 2.45) is 5.73 Å². The van der Waals surface area contributed by atoms with Crippen molar-refractivity contribution in [2.45, 2.75) is 26.9 Å². The molecule has 2 N–H and O–H groups in total. The average molecular weight is 216 g/mol. The molecule has 0 spiro atoms. The van der Waals surface area contributed by atoms with Gasteiger partial charge < -0.3 is 5.73 Å². The summed E-state index contributed by atoms with van der Waals surface area (Å²) in [6, 6.07) is 4.05. The van der Waals surface area contributed by atoms with Gasteiger partial charge in [-0.3, -0.25) is 9.67 Å². The topological polar surface area (TPSA) is 56.7 Å². The molecule has 0 saturated carbocycles. The third-order valence-corrected chi connectivity index (χ3v) is 2.58. The fourth-order valence-corrected chi connectivity index (χ4v) is 1.70. The van der Waals surface area contributed by atoms with E-state index in [1.165, 1.54) is 0 Å². The number of hydrogen-bond acceptors (Lipinski definition) is 3. The molecule has 0 aromatic carbocycles. The highest BCUT2D eigenvalue weighted by Gasteiger charge is 2.07. The predicted octanol–water partition coefficient (Wildman–Crippen LogP) is 1.73. The third kappa shape index (κ3) is 1.97. The van der Waals surface area contributed by atoms with Crippen LogP contribution in [-0.2, 0) is 13.1 Å². The quantitative estimate of drug-likeness (QED) is 0.850. The molecular weight excluding hydrogens is 200 g/mol. The predicted molar refractivity (Wildman–Crippen MR) is 63.8 cm³/mol. The Morgan fingerprint density at radius 2 is 2.19 bits per heavy atom. The van der Waals surface area contributed by atoms with Gasteiger partial charge in [-0.1, -0.05) is 6.07 Å². The second-order valence-electron chi connectivity index (χ2n) is 3.74. The molecule has 0 bridgehead atoms.